The molecule has 2 N–H and O–H groups in total. The van der Waals surface area contributed by atoms with E-state index in [1.54, 1.807) is 12.1 Å². The number of hydrogen-bond donors (Lipinski definition) is 2. The minimum Gasteiger partial charge on any atom is -0.507 e. The molecule has 0 aliphatic carbocycles. The van der Waals surface area contributed by atoms with Gasteiger partial charge >= 0.3 is 0 Å². The molecule has 0 aliphatic heterocycles. The number of aldehydes is 1. The number of carbonyl (C=O) groups is 2. The Balaban J connectivity index is 2.92. The second-order valence-corrected chi connectivity index (χ2v) is 2.88. The summed E-state index contributed by atoms with van der Waals surface area (Å²) in [5.74, 6) is -0.294. The fourth-order valence-electron chi connectivity index (χ4n) is 1.03. The number of phenolic OH excluding ortho intramolecular Hbond substituents is 1. The van der Waals surface area contributed by atoms with Gasteiger partial charge in [-0.2, -0.15) is 0 Å². The number of amides is 1. The van der Waals surface area contributed by atoms with Gasteiger partial charge in [0.15, 0.2) is 6.29 Å². The number of aromatic hydroxyl groups is 1. The predicted octanol–water partition coefficient (Wildman–Crippen LogP) is 0.964. The molecule has 15 heavy (non-hydrogen) atoms. The lowest BCUT2D eigenvalue weighted by atomic mass is 10.1. The highest BCUT2D eigenvalue weighted by Gasteiger charge is 1.99. The molecular formula is C11H11NO3. The lowest BCUT2D eigenvalue weighted by molar-refractivity contribution is -0.115. The summed E-state index contributed by atoms with van der Waals surface area (Å²) in [4.78, 5) is 21.4. The normalized spacial score (nSPS) is 10.2. The molecule has 1 rings (SSSR count). The Bertz CT molecular complexity index is 410. The highest BCUT2D eigenvalue weighted by atomic mass is 16.3. The van der Waals surface area contributed by atoms with Gasteiger partial charge < -0.3 is 10.4 Å². The van der Waals surface area contributed by atoms with E-state index in [1.165, 1.54) is 25.3 Å². The molecule has 0 aliphatic rings. The maximum atomic E-state index is 10.9. The zero-order chi connectivity index (χ0) is 11.3. The van der Waals surface area contributed by atoms with Crippen LogP contribution in [0.25, 0.3) is 6.08 Å². The van der Waals surface area contributed by atoms with Gasteiger partial charge in [0.25, 0.3) is 0 Å². The van der Waals surface area contributed by atoms with Crippen LogP contribution in [0.5, 0.6) is 5.75 Å². The van der Waals surface area contributed by atoms with E-state index in [-0.39, 0.29) is 17.2 Å². The van der Waals surface area contributed by atoms with Gasteiger partial charge in [0.05, 0.1) is 5.56 Å². The van der Waals surface area contributed by atoms with Crippen molar-refractivity contribution in [3.05, 3.63) is 35.4 Å². The fraction of sp³-hybridized carbons (Fsp3) is 0.0909. The third kappa shape index (κ3) is 2.95. The van der Waals surface area contributed by atoms with Gasteiger partial charge in [-0.3, -0.25) is 9.59 Å². The molecule has 1 aromatic carbocycles. The summed E-state index contributed by atoms with van der Waals surface area (Å²) >= 11 is 0. The first-order chi connectivity index (χ1) is 7.17. The average Bonchev–Trinajstić information content (AvgIpc) is 2.27. The van der Waals surface area contributed by atoms with Crippen molar-refractivity contribution in [2.45, 2.75) is 0 Å². The topological polar surface area (TPSA) is 66.4 Å². The summed E-state index contributed by atoms with van der Waals surface area (Å²) in [5, 5.41) is 11.7. The van der Waals surface area contributed by atoms with Crippen molar-refractivity contribution in [1.82, 2.24) is 5.32 Å². The van der Waals surface area contributed by atoms with Crippen molar-refractivity contribution in [1.29, 1.82) is 0 Å². The van der Waals surface area contributed by atoms with Gasteiger partial charge in [0.2, 0.25) is 5.91 Å². The molecule has 78 valence electrons. The standard InChI is InChI=1S/C11H11NO3/c1-12-11(15)5-3-8-2-4-10(14)9(6-8)7-13/h2-7,14H,1H3,(H,12,15). The maximum Gasteiger partial charge on any atom is 0.243 e. The molecule has 0 spiro atoms. The molecule has 0 bridgehead atoms. The molecule has 0 atom stereocenters. The number of hydrogen-bond acceptors (Lipinski definition) is 3. The molecule has 0 saturated carbocycles. The Morgan fingerprint density at radius 1 is 1.47 bits per heavy atom. The van der Waals surface area contributed by atoms with E-state index in [1.807, 2.05) is 0 Å². The van der Waals surface area contributed by atoms with Gasteiger partial charge in [-0.05, 0) is 23.8 Å². The summed E-state index contributed by atoms with van der Waals surface area (Å²) in [7, 11) is 1.53. The quantitative estimate of drug-likeness (QED) is 0.570. The summed E-state index contributed by atoms with van der Waals surface area (Å²) in [5.41, 5.74) is 0.882. The van der Waals surface area contributed by atoms with Crippen molar-refractivity contribution in [2.24, 2.45) is 0 Å². The minimum absolute atomic E-state index is 0.0675. The van der Waals surface area contributed by atoms with Crippen LogP contribution < -0.4 is 5.32 Å². The van der Waals surface area contributed by atoms with E-state index in [0.717, 1.165) is 0 Å². The fourth-order valence-corrected chi connectivity index (χ4v) is 1.03. The molecule has 0 saturated heterocycles. The highest BCUT2D eigenvalue weighted by Crippen LogP contribution is 2.17. The van der Waals surface area contributed by atoms with Gasteiger partial charge in [0.1, 0.15) is 5.75 Å². The first kappa shape index (κ1) is 11.0. The molecule has 4 nitrogen and oxygen atoms in total. The van der Waals surface area contributed by atoms with Crippen LogP contribution in [0.15, 0.2) is 24.3 Å². The molecule has 0 fully saturated rings. The highest BCUT2D eigenvalue weighted by molar-refractivity contribution is 5.91. The summed E-state index contributed by atoms with van der Waals surface area (Å²) in [6.07, 6.45) is 3.47. The first-order valence-electron chi connectivity index (χ1n) is 4.35. The SMILES string of the molecule is CNC(=O)C=Cc1ccc(O)c(C=O)c1. The zero-order valence-electron chi connectivity index (χ0n) is 8.23. The monoisotopic (exact) mass is 205 g/mol. The van der Waals surface area contributed by atoms with E-state index in [9.17, 15) is 14.7 Å². The van der Waals surface area contributed by atoms with Crippen molar-refractivity contribution in [3.63, 3.8) is 0 Å². The second kappa shape index (κ2) is 4.95. The van der Waals surface area contributed by atoms with Crippen LogP contribution in [0.1, 0.15) is 15.9 Å². The van der Waals surface area contributed by atoms with Gasteiger partial charge in [-0.15, -0.1) is 0 Å². The van der Waals surface area contributed by atoms with Crippen molar-refractivity contribution in [2.75, 3.05) is 7.05 Å². The molecule has 4 heteroatoms. The summed E-state index contributed by atoms with van der Waals surface area (Å²) in [6, 6.07) is 4.52. The van der Waals surface area contributed by atoms with Gasteiger partial charge in [-0.25, -0.2) is 0 Å². The van der Waals surface area contributed by atoms with Crippen LogP contribution in [0.4, 0.5) is 0 Å². The number of phenols is 1. The molecule has 1 amide bonds. The van der Waals surface area contributed by atoms with Crippen molar-refractivity contribution < 1.29 is 14.7 Å². The molecule has 0 radical (unpaired) electrons. The van der Waals surface area contributed by atoms with Crippen LogP contribution in [0.2, 0.25) is 0 Å². The molecule has 0 heterocycles. The number of nitrogens with one attached hydrogen (secondary N) is 1. The van der Waals surface area contributed by atoms with E-state index in [2.05, 4.69) is 5.32 Å². The van der Waals surface area contributed by atoms with Crippen LogP contribution >= 0.6 is 0 Å². The lowest BCUT2D eigenvalue weighted by Gasteiger charge is -1.98. The Morgan fingerprint density at radius 3 is 2.80 bits per heavy atom. The minimum atomic E-state index is -0.226. The number of benzene rings is 1. The van der Waals surface area contributed by atoms with Gasteiger partial charge in [0, 0.05) is 13.1 Å². The largest absolute Gasteiger partial charge is 0.507 e. The lowest BCUT2D eigenvalue weighted by Crippen LogP contribution is -2.13. The van der Waals surface area contributed by atoms with Crippen LogP contribution in [0, 0.1) is 0 Å². The average molecular weight is 205 g/mol. The Morgan fingerprint density at radius 2 is 2.20 bits per heavy atom. The molecular weight excluding hydrogens is 194 g/mol. The van der Waals surface area contributed by atoms with Crippen LogP contribution in [-0.4, -0.2) is 24.3 Å². The Hall–Kier alpha value is -2.10. The zero-order valence-corrected chi connectivity index (χ0v) is 8.23. The summed E-state index contributed by atoms with van der Waals surface area (Å²) < 4.78 is 0. The number of rotatable bonds is 3. The Labute approximate surface area is 87.2 Å². The van der Waals surface area contributed by atoms with Crippen molar-refractivity contribution >= 4 is 18.3 Å². The van der Waals surface area contributed by atoms with E-state index in [4.69, 9.17) is 0 Å². The van der Waals surface area contributed by atoms with E-state index >= 15 is 0 Å². The molecule has 0 unspecified atom stereocenters. The second-order valence-electron chi connectivity index (χ2n) is 2.88. The van der Waals surface area contributed by atoms with Crippen LogP contribution in [0.3, 0.4) is 0 Å². The van der Waals surface area contributed by atoms with E-state index < -0.39 is 0 Å². The number of carbonyl (C=O) groups excluding carboxylic acids is 2. The summed E-state index contributed by atoms with van der Waals surface area (Å²) in [6.45, 7) is 0. The van der Waals surface area contributed by atoms with Crippen LogP contribution in [-0.2, 0) is 4.79 Å². The Kier molecular flexibility index (Phi) is 3.62. The van der Waals surface area contributed by atoms with Crippen molar-refractivity contribution in [3.8, 4) is 5.75 Å². The number of likely N-dealkylation sites (N-methyl/N-ethyl adjacent to an activating group) is 1. The third-order valence-electron chi connectivity index (χ3n) is 1.85. The maximum absolute atomic E-state index is 10.9. The smallest absolute Gasteiger partial charge is 0.243 e. The molecule has 1 aromatic rings. The predicted molar refractivity (Wildman–Crippen MR) is 56.6 cm³/mol. The first-order valence-corrected chi connectivity index (χ1v) is 4.35. The molecule has 0 aromatic heterocycles. The third-order valence-corrected chi connectivity index (χ3v) is 1.85. The van der Waals surface area contributed by atoms with Gasteiger partial charge in [-0.1, -0.05) is 6.07 Å². The van der Waals surface area contributed by atoms with E-state index in [0.29, 0.717) is 11.8 Å².